The number of ether oxygens (including phenoxy) is 1. The van der Waals surface area contributed by atoms with Gasteiger partial charge in [-0.1, -0.05) is 29.8 Å². The van der Waals surface area contributed by atoms with Crippen molar-refractivity contribution in [3.8, 4) is 5.75 Å². The Bertz CT molecular complexity index is 1230. The number of carbonyl (C=O) groups is 1. The standard InChI is InChI=1S/C24H23ClN2O4S/c1-31-21-10-12-22(13-11-21)32(29,30)27-14-2-3-18-6-9-20(16-23(18)27)26-24(28)15-17-4-7-19(25)8-5-17/h4-13,16H,2-3,14-15H2,1H3,(H,26,28). The van der Waals surface area contributed by atoms with Crippen LogP contribution >= 0.6 is 11.6 Å². The number of nitrogens with one attached hydrogen (secondary N) is 1. The van der Waals surface area contributed by atoms with E-state index in [4.69, 9.17) is 16.3 Å². The van der Waals surface area contributed by atoms with Gasteiger partial charge in [0.15, 0.2) is 0 Å². The molecule has 8 heteroatoms. The van der Waals surface area contributed by atoms with Crippen molar-refractivity contribution in [2.75, 3.05) is 23.3 Å². The number of carbonyl (C=O) groups excluding carboxylic acids is 1. The van der Waals surface area contributed by atoms with Crippen LogP contribution in [-0.4, -0.2) is 28.0 Å². The van der Waals surface area contributed by atoms with Gasteiger partial charge in [0, 0.05) is 17.3 Å². The normalized spacial score (nSPS) is 13.4. The van der Waals surface area contributed by atoms with Crippen LogP contribution in [0.25, 0.3) is 0 Å². The monoisotopic (exact) mass is 470 g/mol. The summed E-state index contributed by atoms with van der Waals surface area (Å²) in [6.07, 6.45) is 1.70. The van der Waals surface area contributed by atoms with Crippen LogP contribution in [0.4, 0.5) is 11.4 Å². The average molecular weight is 471 g/mol. The lowest BCUT2D eigenvalue weighted by atomic mass is 10.0. The highest BCUT2D eigenvalue weighted by Gasteiger charge is 2.29. The number of sulfonamides is 1. The summed E-state index contributed by atoms with van der Waals surface area (Å²) in [5.41, 5.74) is 2.92. The summed E-state index contributed by atoms with van der Waals surface area (Å²) in [5, 5.41) is 3.49. The van der Waals surface area contributed by atoms with E-state index in [1.54, 1.807) is 54.6 Å². The van der Waals surface area contributed by atoms with Crippen molar-refractivity contribution in [2.24, 2.45) is 0 Å². The summed E-state index contributed by atoms with van der Waals surface area (Å²) in [6.45, 7) is 0.379. The van der Waals surface area contributed by atoms with Crippen molar-refractivity contribution in [2.45, 2.75) is 24.2 Å². The molecule has 1 aliphatic heterocycles. The van der Waals surface area contributed by atoms with Crippen LogP contribution in [-0.2, 0) is 27.7 Å². The summed E-state index contributed by atoms with van der Waals surface area (Å²) in [7, 11) is -2.21. The lowest BCUT2D eigenvalue weighted by Gasteiger charge is -2.31. The van der Waals surface area contributed by atoms with E-state index in [-0.39, 0.29) is 17.2 Å². The smallest absolute Gasteiger partial charge is 0.264 e. The fourth-order valence-electron chi connectivity index (χ4n) is 3.74. The Morgan fingerprint density at radius 3 is 2.47 bits per heavy atom. The van der Waals surface area contributed by atoms with Crippen LogP contribution in [0.2, 0.25) is 5.02 Å². The molecule has 0 bridgehead atoms. The fourth-order valence-corrected chi connectivity index (χ4v) is 5.40. The number of amides is 1. The largest absolute Gasteiger partial charge is 0.497 e. The lowest BCUT2D eigenvalue weighted by molar-refractivity contribution is -0.115. The number of anilines is 2. The molecule has 0 unspecified atom stereocenters. The molecule has 3 aromatic rings. The maximum atomic E-state index is 13.3. The Labute approximate surface area is 192 Å². The molecule has 0 aliphatic carbocycles. The van der Waals surface area contributed by atoms with Gasteiger partial charge in [-0.15, -0.1) is 0 Å². The van der Waals surface area contributed by atoms with E-state index in [9.17, 15) is 13.2 Å². The number of rotatable bonds is 6. The summed E-state index contributed by atoms with van der Waals surface area (Å²) >= 11 is 5.89. The van der Waals surface area contributed by atoms with Crippen LogP contribution in [0.3, 0.4) is 0 Å². The van der Waals surface area contributed by atoms with Crippen molar-refractivity contribution < 1.29 is 17.9 Å². The van der Waals surface area contributed by atoms with Crippen LogP contribution in [0.15, 0.2) is 71.6 Å². The minimum atomic E-state index is -3.75. The Morgan fingerprint density at radius 2 is 1.78 bits per heavy atom. The number of nitrogens with zero attached hydrogens (tertiary/aromatic N) is 1. The van der Waals surface area contributed by atoms with E-state index in [1.165, 1.54) is 11.4 Å². The number of fused-ring (bicyclic) bond motifs is 1. The minimum absolute atomic E-state index is 0.187. The predicted molar refractivity (Wildman–Crippen MR) is 126 cm³/mol. The first-order valence-corrected chi connectivity index (χ1v) is 12.0. The Kier molecular flexibility index (Phi) is 6.39. The minimum Gasteiger partial charge on any atom is -0.497 e. The van der Waals surface area contributed by atoms with Gasteiger partial charge >= 0.3 is 0 Å². The van der Waals surface area contributed by atoms with Crippen LogP contribution in [0, 0.1) is 0 Å². The topological polar surface area (TPSA) is 75.7 Å². The first-order valence-electron chi connectivity index (χ1n) is 10.2. The van der Waals surface area contributed by atoms with E-state index in [0.29, 0.717) is 28.7 Å². The third-order valence-corrected chi connectivity index (χ3v) is 7.45. The van der Waals surface area contributed by atoms with Crippen LogP contribution in [0.5, 0.6) is 5.75 Å². The molecule has 0 fully saturated rings. The molecule has 32 heavy (non-hydrogen) atoms. The molecule has 0 saturated heterocycles. The summed E-state index contributed by atoms with van der Waals surface area (Å²) in [5.74, 6) is 0.404. The summed E-state index contributed by atoms with van der Waals surface area (Å²) in [6, 6.07) is 18.9. The second kappa shape index (κ2) is 9.22. The third kappa shape index (κ3) is 4.74. The Balaban J connectivity index is 1.57. The maximum absolute atomic E-state index is 13.3. The highest BCUT2D eigenvalue weighted by Crippen LogP contribution is 2.34. The van der Waals surface area contributed by atoms with Crippen molar-refractivity contribution in [1.29, 1.82) is 0 Å². The van der Waals surface area contributed by atoms with Gasteiger partial charge in [0.2, 0.25) is 5.91 Å². The molecule has 0 saturated carbocycles. The van der Waals surface area contributed by atoms with Gasteiger partial charge < -0.3 is 10.1 Å². The molecule has 1 N–H and O–H groups in total. The van der Waals surface area contributed by atoms with Gasteiger partial charge in [-0.2, -0.15) is 0 Å². The molecule has 6 nitrogen and oxygen atoms in total. The van der Waals surface area contributed by atoms with Crippen LogP contribution in [0.1, 0.15) is 17.5 Å². The molecule has 1 heterocycles. The van der Waals surface area contributed by atoms with E-state index in [0.717, 1.165) is 24.0 Å². The van der Waals surface area contributed by atoms with Crippen molar-refractivity contribution in [3.63, 3.8) is 0 Å². The molecule has 3 aromatic carbocycles. The lowest BCUT2D eigenvalue weighted by Crippen LogP contribution is -2.35. The molecule has 1 aliphatic rings. The highest BCUT2D eigenvalue weighted by atomic mass is 35.5. The molecule has 0 radical (unpaired) electrons. The zero-order chi connectivity index (χ0) is 22.7. The molecular formula is C24H23ClN2O4S. The number of hydrogen-bond donors (Lipinski definition) is 1. The fraction of sp³-hybridized carbons (Fsp3) is 0.208. The molecule has 166 valence electrons. The number of aryl methyl sites for hydroxylation is 1. The molecule has 0 spiro atoms. The predicted octanol–water partition coefficient (Wildman–Crippen LogP) is 4.67. The number of benzene rings is 3. The molecule has 0 atom stereocenters. The quantitative estimate of drug-likeness (QED) is 0.568. The van der Waals surface area contributed by atoms with Gasteiger partial charge in [-0.05, 0) is 72.5 Å². The molecule has 4 rings (SSSR count). The van der Waals surface area contributed by atoms with Gasteiger partial charge in [0.05, 0.1) is 24.1 Å². The zero-order valence-electron chi connectivity index (χ0n) is 17.5. The number of halogens is 1. The zero-order valence-corrected chi connectivity index (χ0v) is 19.1. The average Bonchev–Trinajstić information content (AvgIpc) is 2.80. The van der Waals surface area contributed by atoms with E-state index >= 15 is 0 Å². The first-order chi connectivity index (χ1) is 15.4. The van der Waals surface area contributed by atoms with Gasteiger partial charge in [0.1, 0.15) is 5.75 Å². The number of methoxy groups -OCH3 is 1. The summed E-state index contributed by atoms with van der Waals surface area (Å²) < 4.78 is 33.2. The van der Waals surface area contributed by atoms with Crippen LogP contribution < -0.4 is 14.4 Å². The second-order valence-electron chi connectivity index (χ2n) is 7.55. The van der Waals surface area contributed by atoms with Gasteiger partial charge in [0.25, 0.3) is 10.0 Å². The van der Waals surface area contributed by atoms with Gasteiger partial charge in [-0.25, -0.2) is 8.42 Å². The highest BCUT2D eigenvalue weighted by molar-refractivity contribution is 7.92. The second-order valence-corrected chi connectivity index (χ2v) is 9.85. The molecule has 0 aromatic heterocycles. The maximum Gasteiger partial charge on any atom is 0.264 e. The SMILES string of the molecule is COc1ccc(S(=O)(=O)N2CCCc3ccc(NC(=O)Cc4ccc(Cl)cc4)cc32)cc1. The van der Waals surface area contributed by atoms with Crippen molar-refractivity contribution in [1.82, 2.24) is 0 Å². The Hall–Kier alpha value is -3.03. The van der Waals surface area contributed by atoms with E-state index < -0.39 is 10.0 Å². The third-order valence-electron chi connectivity index (χ3n) is 5.37. The van der Waals surface area contributed by atoms with Crippen molar-refractivity contribution >= 4 is 38.9 Å². The van der Waals surface area contributed by atoms with Crippen molar-refractivity contribution in [3.05, 3.63) is 82.9 Å². The molecular weight excluding hydrogens is 448 g/mol. The summed E-state index contributed by atoms with van der Waals surface area (Å²) in [4.78, 5) is 12.7. The van der Waals surface area contributed by atoms with Gasteiger partial charge in [-0.3, -0.25) is 9.10 Å². The van der Waals surface area contributed by atoms with E-state index in [1.807, 2.05) is 12.1 Å². The molecule has 1 amide bonds. The first kappa shape index (κ1) is 22.2. The Morgan fingerprint density at radius 1 is 1.06 bits per heavy atom. The van der Waals surface area contributed by atoms with E-state index in [2.05, 4.69) is 5.32 Å². The number of hydrogen-bond acceptors (Lipinski definition) is 4.